The number of amides is 2. The normalized spacial score (nSPS) is 16.0. The predicted molar refractivity (Wildman–Crippen MR) is 170 cm³/mol. The van der Waals surface area contributed by atoms with E-state index in [4.69, 9.17) is 17.3 Å². The van der Waals surface area contributed by atoms with Crippen LogP contribution in [-0.4, -0.2) is 59.5 Å². The van der Waals surface area contributed by atoms with Crippen LogP contribution in [0.3, 0.4) is 0 Å². The number of carbonyl (C=O) groups excluding carboxylic acids is 2. The van der Waals surface area contributed by atoms with E-state index >= 15 is 0 Å². The number of carbonyl (C=O) groups is 3. The van der Waals surface area contributed by atoms with Gasteiger partial charge in [0.25, 0.3) is 5.91 Å². The topological polar surface area (TPSA) is 169 Å². The van der Waals surface area contributed by atoms with Gasteiger partial charge in [0.1, 0.15) is 12.4 Å². The Morgan fingerprint density at radius 3 is 2.56 bits per heavy atom. The molecular weight excluding hydrogens is 596 g/mol. The number of anilines is 2. The van der Waals surface area contributed by atoms with Crippen molar-refractivity contribution in [1.82, 2.24) is 30.1 Å². The number of aromatic nitrogens is 5. The molecule has 12 nitrogen and oxygen atoms in total. The molecule has 1 aliphatic heterocycles. The Morgan fingerprint density at radius 1 is 1.13 bits per heavy atom. The van der Waals surface area contributed by atoms with Gasteiger partial charge < -0.3 is 21.1 Å². The lowest BCUT2D eigenvalue weighted by Crippen LogP contribution is -2.51. The van der Waals surface area contributed by atoms with Gasteiger partial charge in [-0.25, -0.2) is 4.79 Å². The third kappa shape index (κ3) is 6.41. The maximum absolute atomic E-state index is 14.1. The maximum Gasteiger partial charge on any atom is 0.335 e. The molecule has 0 saturated heterocycles. The quantitative estimate of drug-likeness (QED) is 0.254. The van der Waals surface area contributed by atoms with E-state index < -0.39 is 34.7 Å². The minimum absolute atomic E-state index is 0.145. The van der Waals surface area contributed by atoms with Gasteiger partial charge in [0.15, 0.2) is 0 Å². The van der Waals surface area contributed by atoms with Crippen molar-refractivity contribution in [3.05, 3.63) is 94.0 Å². The summed E-state index contributed by atoms with van der Waals surface area (Å²) in [5.41, 5.74) is 8.79. The molecule has 0 aliphatic carbocycles. The first-order valence-corrected chi connectivity index (χ1v) is 14.5. The fraction of sp³-hybridized carbons (Fsp3) is 0.281. The van der Waals surface area contributed by atoms with Gasteiger partial charge in [-0.3, -0.25) is 14.6 Å². The van der Waals surface area contributed by atoms with Gasteiger partial charge in [0.05, 0.1) is 28.8 Å². The molecule has 4 aromatic rings. The molecule has 2 aromatic heterocycles. The lowest BCUT2D eigenvalue weighted by Gasteiger charge is -2.43. The summed E-state index contributed by atoms with van der Waals surface area (Å²) in [5.74, 6) is -1.99. The van der Waals surface area contributed by atoms with Crippen molar-refractivity contribution in [2.24, 2.45) is 0 Å². The predicted octanol–water partition coefficient (Wildman–Crippen LogP) is 4.80. The van der Waals surface area contributed by atoms with Crippen LogP contribution in [0.15, 0.2) is 61.1 Å². The van der Waals surface area contributed by atoms with Crippen molar-refractivity contribution in [2.45, 2.75) is 51.5 Å². The van der Waals surface area contributed by atoms with Crippen LogP contribution < -0.4 is 11.1 Å². The van der Waals surface area contributed by atoms with Crippen LogP contribution in [-0.2, 0) is 20.4 Å². The number of carboxylic acids is 1. The van der Waals surface area contributed by atoms with E-state index in [1.165, 1.54) is 40.3 Å². The van der Waals surface area contributed by atoms with Gasteiger partial charge in [-0.05, 0) is 69.9 Å². The molecule has 3 heterocycles. The number of nitrogens with zero attached hydrogens (tertiary/aromatic N) is 6. The van der Waals surface area contributed by atoms with Gasteiger partial charge in [-0.15, -0.1) is 5.10 Å². The standard InChI is InChI=1S/C32H33ClN8O4/c1-31(2,3)24-14-21(8-9-22(24)30(44)45)37-29(43)27-23-13-20(34)15-35-28(23)32(4,5)16-40(27)26(42)11-6-18-12-19(33)7-10-25(18)41-17-36-38-39-41/h6-15,17,27H,16,34H2,1-5H3,(H,37,43)(H,44,45)/b11-6+. The van der Waals surface area contributed by atoms with Crippen molar-refractivity contribution in [3.8, 4) is 5.69 Å². The van der Waals surface area contributed by atoms with Crippen molar-refractivity contribution in [3.63, 3.8) is 0 Å². The zero-order valence-corrected chi connectivity index (χ0v) is 26.2. The highest BCUT2D eigenvalue weighted by Gasteiger charge is 2.44. The molecular formula is C32H33ClN8O4. The highest BCUT2D eigenvalue weighted by atomic mass is 35.5. The summed E-state index contributed by atoms with van der Waals surface area (Å²) < 4.78 is 1.45. The number of pyridine rings is 1. The molecule has 4 N–H and O–H groups in total. The van der Waals surface area contributed by atoms with Crippen molar-refractivity contribution in [2.75, 3.05) is 17.6 Å². The van der Waals surface area contributed by atoms with Crippen LogP contribution in [0.4, 0.5) is 11.4 Å². The van der Waals surface area contributed by atoms with E-state index in [-0.39, 0.29) is 12.1 Å². The number of tetrazole rings is 1. The van der Waals surface area contributed by atoms with Crippen LogP contribution in [0.25, 0.3) is 11.8 Å². The minimum Gasteiger partial charge on any atom is -0.478 e. The smallest absolute Gasteiger partial charge is 0.335 e. The van der Waals surface area contributed by atoms with Crippen molar-refractivity contribution < 1.29 is 19.5 Å². The molecule has 0 radical (unpaired) electrons. The van der Waals surface area contributed by atoms with E-state index in [1.54, 1.807) is 36.4 Å². The number of benzene rings is 2. The summed E-state index contributed by atoms with van der Waals surface area (Å²) in [6.07, 6.45) is 5.94. The molecule has 232 valence electrons. The lowest BCUT2D eigenvalue weighted by molar-refractivity contribution is -0.136. The Kier molecular flexibility index (Phi) is 8.19. The van der Waals surface area contributed by atoms with Gasteiger partial charge in [0.2, 0.25) is 5.91 Å². The largest absolute Gasteiger partial charge is 0.478 e. The van der Waals surface area contributed by atoms with Gasteiger partial charge >= 0.3 is 5.97 Å². The number of fused-ring (bicyclic) bond motifs is 1. The molecule has 2 aromatic carbocycles. The molecule has 0 fully saturated rings. The first-order chi connectivity index (χ1) is 21.2. The number of nitrogen functional groups attached to an aromatic ring is 1. The number of halogens is 1. The summed E-state index contributed by atoms with van der Waals surface area (Å²) in [5, 5.41) is 24.4. The second-order valence-corrected chi connectivity index (χ2v) is 13.0. The number of carboxylic acid groups (broad SMARTS) is 1. The van der Waals surface area contributed by atoms with E-state index in [0.29, 0.717) is 44.5 Å². The molecule has 5 rings (SSSR count). The highest BCUT2D eigenvalue weighted by molar-refractivity contribution is 6.30. The SMILES string of the molecule is CC(C)(C)c1cc(NC(=O)C2c3cc(N)cnc3C(C)(C)CN2C(=O)/C=C/c2cc(Cl)ccc2-n2cnnn2)ccc1C(=O)O. The number of aromatic carboxylic acids is 1. The minimum atomic E-state index is -1.09. The van der Waals surface area contributed by atoms with Crippen LogP contribution in [0.2, 0.25) is 5.02 Å². The van der Waals surface area contributed by atoms with E-state index in [9.17, 15) is 19.5 Å². The van der Waals surface area contributed by atoms with Crippen LogP contribution in [0.5, 0.6) is 0 Å². The van der Waals surface area contributed by atoms with E-state index in [1.807, 2.05) is 34.6 Å². The molecule has 0 spiro atoms. The average Bonchev–Trinajstić information content (AvgIpc) is 3.49. The van der Waals surface area contributed by atoms with Crippen molar-refractivity contribution in [1.29, 1.82) is 0 Å². The average molecular weight is 629 g/mol. The Bertz CT molecular complexity index is 1830. The molecule has 13 heteroatoms. The van der Waals surface area contributed by atoms with E-state index in [0.717, 1.165) is 0 Å². The summed E-state index contributed by atoms with van der Waals surface area (Å²) in [4.78, 5) is 46.0. The molecule has 0 saturated carbocycles. The highest BCUT2D eigenvalue weighted by Crippen LogP contribution is 2.40. The number of hydrogen-bond acceptors (Lipinski definition) is 8. The van der Waals surface area contributed by atoms with Gasteiger partial charge in [-0.1, -0.05) is 46.2 Å². The Balaban J connectivity index is 1.54. The second kappa shape index (κ2) is 11.8. The lowest BCUT2D eigenvalue weighted by atomic mass is 9.78. The van der Waals surface area contributed by atoms with Crippen LogP contribution in [0, 0.1) is 0 Å². The first kappa shape index (κ1) is 31.3. The van der Waals surface area contributed by atoms with Crippen LogP contribution in [0.1, 0.15) is 73.4 Å². The Morgan fingerprint density at radius 2 is 1.89 bits per heavy atom. The third-order valence-electron chi connectivity index (χ3n) is 7.60. The molecule has 1 atom stereocenters. The van der Waals surface area contributed by atoms with E-state index in [2.05, 4.69) is 25.8 Å². The second-order valence-electron chi connectivity index (χ2n) is 12.6. The fourth-order valence-electron chi connectivity index (χ4n) is 5.56. The zero-order valence-electron chi connectivity index (χ0n) is 25.4. The first-order valence-electron chi connectivity index (χ1n) is 14.1. The summed E-state index contributed by atoms with van der Waals surface area (Å²) in [7, 11) is 0. The fourth-order valence-corrected chi connectivity index (χ4v) is 5.74. The van der Waals surface area contributed by atoms with Crippen molar-refractivity contribution >= 4 is 46.8 Å². The van der Waals surface area contributed by atoms with Gasteiger partial charge in [-0.2, -0.15) is 4.68 Å². The van der Waals surface area contributed by atoms with Crippen LogP contribution >= 0.6 is 11.6 Å². The summed E-state index contributed by atoms with van der Waals surface area (Å²) in [6, 6.07) is 10.3. The molecule has 2 amide bonds. The number of nitrogens with two attached hydrogens (primary N) is 1. The maximum atomic E-state index is 14.1. The summed E-state index contributed by atoms with van der Waals surface area (Å²) >= 11 is 6.26. The third-order valence-corrected chi connectivity index (χ3v) is 7.83. The van der Waals surface area contributed by atoms with Gasteiger partial charge in [0, 0.05) is 39.9 Å². The number of hydrogen-bond donors (Lipinski definition) is 3. The summed E-state index contributed by atoms with van der Waals surface area (Å²) in [6.45, 7) is 9.75. The molecule has 1 aliphatic rings. The monoisotopic (exact) mass is 628 g/mol. The zero-order chi connectivity index (χ0) is 32.7. The Hall–Kier alpha value is -5.10. The Labute approximate surface area is 264 Å². The molecule has 45 heavy (non-hydrogen) atoms. The molecule has 1 unspecified atom stereocenters. The molecule has 0 bridgehead atoms. The number of rotatable bonds is 6. The number of nitrogens with one attached hydrogen (secondary N) is 1.